The number of benzene rings is 3. The summed E-state index contributed by atoms with van der Waals surface area (Å²) in [5.41, 5.74) is 4.63. The Bertz CT molecular complexity index is 1030. The van der Waals surface area contributed by atoms with Crippen molar-refractivity contribution in [1.29, 1.82) is 0 Å². The van der Waals surface area contributed by atoms with E-state index in [4.69, 9.17) is 21.1 Å². The molecule has 3 aromatic carbocycles. The molecule has 3 rings (SSSR count). The van der Waals surface area contributed by atoms with Crippen molar-refractivity contribution in [3.8, 4) is 11.5 Å². The van der Waals surface area contributed by atoms with E-state index in [9.17, 15) is 9.59 Å². The van der Waals surface area contributed by atoms with Crippen LogP contribution in [0.5, 0.6) is 11.5 Å². The molecule has 0 saturated carbocycles. The van der Waals surface area contributed by atoms with E-state index in [-0.39, 0.29) is 12.5 Å². The Kier molecular flexibility index (Phi) is 7.19. The molecule has 0 aliphatic heterocycles. The minimum Gasteiger partial charge on any atom is -0.484 e. The van der Waals surface area contributed by atoms with Crippen molar-refractivity contribution in [2.24, 2.45) is 5.10 Å². The maximum atomic E-state index is 12.1. The second-order valence-electron chi connectivity index (χ2n) is 6.36. The summed E-state index contributed by atoms with van der Waals surface area (Å²) in [5.74, 6) is 0.153. The highest BCUT2D eigenvalue weighted by molar-refractivity contribution is 6.30. The number of hydrogen-bond acceptors (Lipinski definition) is 5. The van der Waals surface area contributed by atoms with Gasteiger partial charge in [-0.2, -0.15) is 5.10 Å². The first kappa shape index (κ1) is 21.1. The summed E-state index contributed by atoms with van der Waals surface area (Å²) >= 11 is 5.81. The topological polar surface area (TPSA) is 77.0 Å². The standard InChI is InChI=1S/C23H19ClN2O4/c1-16-2-10-20(11-3-16)29-15-22(27)26-25-14-17-4-12-21(13-5-17)30-23(28)18-6-8-19(24)9-7-18/h2-14H,15H2,1H3,(H,26,27)/b25-14+. The molecule has 0 saturated heterocycles. The normalized spacial score (nSPS) is 10.6. The van der Waals surface area contributed by atoms with Crippen LogP contribution in [0.4, 0.5) is 0 Å². The third-order valence-corrected chi connectivity index (χ3v) is 4.22. The van der Waals surface area contributed by atoms with Crippen molar-refractivity contribution in [3.63, 3.8) is 0 Å². The third-order valence-electron chi connectivity index (χ3n) is 3.96. The Hall–Kier alpha value is -3.64. The van der Waals surface area contributed by atoms with E-state index in [0.717, 1.165) is 11.1 Å². The number of rotatable bonds is 7. The first-order valence-corrected chi connectivity index (χ1v) is 9.46. The maximum Gasteiger partial charge on any atom is 0.343 e. The highest BCUT2D eigenvalue weighted by atomic mass is 35.5. The molecule has 0 heterocycles. The Morgan fingerprint density at radius 1 is 0.933 bits per heavy atom. The molecule has 0 aliphatic carbocycles. The molecule has 1 amide bonds. The summed E-state index contributed by atoms with van der Waals surface area (Å²) < 4.78 is 10.7. The lowest BCUT2D eigenvalue weighted by Gasteiger charge is -2.05. The van der Waals surface area contributed by atoms with E-state index < -0.39 is 5.97 Å². The summed E-state index contributed by atoms with van der Waals surface area (Å²) in [6.45, 7) is 1.83. The fourth-order valence-electron chi connectivity index (χ4n) is 2.37. The lowest BCUT2D eigenvalue weighted by atomic mass is 10.2. The van der Waals surface area contributed by atoms with E-state index >= 15 is 0 Å². The molecule has 0 fully saturated rings. The Morgan fingerprint density at radius 3 is 2.23 bits per heavy atom. The molecule has 0 radical (unpaired) electrons. The van der Waals surface area contributed by atoms with Gasteiger partial charge in [0.25, 0.3) is 5.91 Å². The largest absolute Gasteiger partial charge is 0.484 e. The zero-order chi connectivity index (χ0) is 21.3. The quantitative estimate of drug-likeness (QED) is 0.265. The molecule has 7 heteroatoms. The number of carbonyl (C=O) groups is 2. The molecule has 0 atom stereocenters. The van der Waals surface area contributed by atoms with Crippen molar-refractivity contribution >= 4 is 29.7 Å². The highest BCUT2D eigenvalue weighted by Crippen LogP contribution is 2.15. The number of hydrogen-bond donors (Lipinski definition) is 1. The molecule has 152 valence electrons. The monoisotopic (exact) mass is 422 g/mol. The van der Waals surface area contributed by atoms with Gasteiger partial charge < -0.3 is 9.47 Å². The van der Waals surface area contributed by atoms with Gasteiger partial charge in [0.2, 0.25) is 0 Å². The first-order chi connectivity index (χ1) is 14.5. The molecule has 0 bridgehead atoms. The van der Waals surface area contributed by atoms with Gasteiger partial charge in [-0.3, -0.25) is 4.79 Å². The van der Waals surface area contributed by atoms with E-state index in [1.165, 1.54) is 6.21 Å². The van der Waals surface area contributed by atoms with Gasteiger partial charge in [-0.15, -0.1) is 0 Å². The Balaban J connectivity index is 1.45. The number of esters is 1. The van der Waals surface area contributed by atoms with E-state index in [0.29, 0.717) is 22.1 Å². The van der Waals surface area contributed by atoms with Crippen LogP contribution in [-0.2, 0) is 4.79 Å². The van der Waals surface area contributed by atoms with Crippen molar-refractivity contribution in [2.45, 2.75) is 6.92 Å². The van der Waals surface area contributed by atoms with Gasteiger partial charge in [0.05, 0.1) is 11.8 Å². The van der Waals surface area contributed by atoms with Crippen molar-refractivity contribution in [2.75, 3.05) is 6.61 Å². The smallest absolute Gasteiger partial charge is 0.343 e. The van der Waals surface area contributed by atoms with Crippen LogP contribution in [-0.4, -0.2) is 24.7 Å². The summed E-state index contributed by atoms with van der Waals surface area (Å²) in [6, 6.07) is 20.5. The summed E-state index contributed by atoms with van der Waals surface area (Å²) in [7, 11) is 0. The molecule has 6 nitrogen and oxygen atoms in total. The fraction of sp³-hybridized carbons (Fsp3) is 0.0870. The lowest BCUT2D eigenvalue weighted by molar-refractivity contribution is -0.123. The molecule has 3 aromatic rings. The molecule has 0 unspecified atom stereocenters. The van der Waals surface area contributed by atoms with Gasteiger partial charge in [0, 0.05) is 5.02 Å². The van der Waals surface area contributed by atoms with Gasteiger partial charge >= 0.3 is 5.97 Å². The second kappa shape index (κ2) is 10.2. The molecular formula is C23H19ClN2O4. The Morgan fingerprint density at radius 2 is 1.57 bits per heavy atom. The lowest BCUT2D eigenvalue weighted by Crippen LogP contribution is -2.24. The number of ether oxygens (including phenoxy) is 2. The van der Waals surface area contributed by atoms with Gasteiger partial charge in [-0.25, -0.2) is 10.2 Å². The maximum absolute atomic E-state index is 12.1. The summed E-state index contributed by atoms with van der Waals surface area (Å²) in [6.07, 6.45) is 1.48. The van der Waals surface area contributed by atoms with Crippen molar-refractivity contribution in [3.05, 3.63) is 94.5 Å². The third kappa shape index (κ3) is 6.46. The number of nitrogens with zero attached hydrogens (tertiary/aromatic N) is 1. The van der Waals surface area contributed by atoms with Crippen molar-refractivity contribution in [1.82, 2.24) is 5.43 Å². The minimum absolute atomic E-state index is 0.139. The van der Waals surface area contributed by atoms with Crippen LogP contribution < -0.4 is 14.9 Å². The predicted octanol–water partition coefficient (Wildman–Crippen LogP) is 4.40. The highest BCUT2D eigenvalue weighted by Gasteiger charge is 2.08. The fourth-order valence-corrected chi connectivity index (χ4v) is 2.49. The van der Waals surface area contributed by atoms with Crippen LogP contribution in [0.1, 0.15) is 21.5 Å². The van der Waals surface area contributed by atoms with Crippen LogP contribution in [0.2, 0.25) is 5.02 Å². The van der Waals surface area contributed by atoms with Crippen molar-refractivity contribution < 1.29 is 19.1 Å². The number of carbonyl (C=O) groups excluding carboxylic acids is 2. The zero-order valence-electron chi connectivity index (χ0n) is 16.2. The molecule has 30 heavy (non-hydrogen) atoms. The molecule has 0 aromatic heterocycles. The number of aryl methyl sites for hydroxylation is 1. The summed E-state index contributed by atoms with van der Waals surface area (Å²) in [5, 5.41) is 4.43. The molecule has 0 aliphatic rings. The second-order valence-corrected chi connectivity index (χ2v) is 6.80. The zero-order valence-corrected chi connectivity index (χ0v) is 16.9. The van der Waals surface area contributed by atoms with E-state index in [2.05, 4.69) is 10.5 Å². The average Bonchev–Trinajstić information content (AvgIpc) is 2.75. The number of halogens is 1. The SMILES string of the molecule is Cc1ccc(OCC(=O)N/N=C/c2ccc(OC(=O)c3ccc(Cl)cc3)cc2)cc1. The number of amides is 1. The van der Waals surface area contributed by atoms with Crippen LogP contribution in [0.15, 0.2) is 77.9 Å². The molecule has 0 spiro atoms. The summed E-state index contributed by atoms with van der Waals surface area (Å²) in [4.78, 5) is 23.9. The van der Waals surface area contributed by atoms with Gasteiger partial charge in [0.15, 0.2) is 6.61 Å². The first-order valence-electron chi connectivity index (χ1n) is 9.09. The van der Waals surface area contributed by atoms with E-state index in [1.54, 1.807) is 60.7 Å². The van der Waals surface area contributed by atoms with E-state index in [1.807, 2.05) is 19.1 Å². The van der Waals surface area contributed by atoms with Gasteiger partial charge in [-0.05, 0) is 73.2 Å². The van der Waals surface area contributed by atoms with Crippen LogP contribution in [0, 0.1) is 6.92 Å². The van der Waals surface area contributed by atoms with Crippen LogP contribution >= 0.6 is 11.6 Å². The van der Waals surface area contributed by atoms with Gasteiger partial charge in [-0.1, -0.05) is 29.3 Å². The Labute approximate surface area is 179 Å². The molecular weight excluding hydrogens is 404 g/mol. The minimum atomic E-state index is -0.478. The predicted molar refractivity (Wildman–Crippen MR) is 115 cm³/mol. The molecule has 1 N–H and O–H groups in total. The van der Waals surface area contributed by atoms with Gasteiger partial charge in [0.1, 0.15) is 11.5 Å². The number of nitrogens with one attached hydrogen (secondary N) is 1. The number of hydrazone groups is 1. The van der Waals surface area contributed by atoms with Crippen LogP contribution in [0.3, 0.4) is 0 Å². The van der Waals surface area contributed by atoms with Crippen LogP contribution in [0.25, 0.3) is 0 Å². The average molecular weight is 423 g/mol.